The molecule has 12 rings (SSSR count). The Balaban J connectivity index is 1.16. The normalized spacial score (nSPS) is 11.6. The molecule has 0 aliphatic rings. The highest BCUT2D eigenvalue weighted by Crippen LogP contribution is 2.49. The SMILES string of the molecule is COC(=O)c1ccc2cc(-c3cc(-c4ccc5cc(C(=O)OC)ccc5c4)c4ccc5c(-c6ccc7cc(C(=O)OC)ccc7c6)cc(-c6ccc7cc(C(=O)OC)ccc7c6)c6ccc3c4c65)ccc2c1. The molecule has 346 valence electrons. The first-order chi connectivity index (χ1) is 35.1. The summed E-state index contributed by atoms with van der Waals surface area (Å²) in [5, 5.41) is 14.1. The van der Waals surface area contributed by atoms with Crippen LogP contribution in [0.2, 0.25) is 0 Å². The lowest BCUT2D eigenvalue weighted by Crippen LogP contribution is -2.00. The third-order valence-corrected chi connectivity index (χ3v) is 14.2. The molecule has 0 fully saturated rings. The molecule has 0 heterocycles. The summed E-state index contributed by atoms with van der Waals surface area (Å²) in [5.41, 5.74) is 10.1. The van der Waals surface area contributed by atoms with E-state index in [9.17, 15) is 19.2 Å². The molecule has 0 saturated heterocycles. The number of carbonyl (C=O) groups excluding carboxylic acids is 4. The summed E-state index contributed by atoms with van der Waals surface area (Å²) in [7, 11) is 5.55. The standard InChI is InChI=1S/C64H42O8/c1-69-61(65)47-17-9-35-25-43(13-5-39(35)29-47)55-33-56(44-14-6-40-30-48(62(66)70-2)18-10-36(40)26-44)52-23-24-54-58(46-16-8-42-32-50(64(68)72-4)20-12-38(42)28-46)34-57(53-22-21-51(55)59(52)60(53)54)45-15-7-41-31-49(63(67)71-3)19-11-37(41)27-45/h5-34H,1-4H3. The van der Waals surface area contributed by atoms with E-state index in [4.69, 9.17) is 18.9 Å². The van der Waals surface area contributed by atoms with Crippen LogP contribution in [0.15, 0.2) is 182 Å². The number of hydrogen-bond acceptors (Lipinski definition) is 8. The van der Waals surface area contributed by atoms with Crippen molar-refractivity contribution < 1.29 is 38.1 Å². The van der Waals surface area contributed by atoms with Gasteiger partial charge in [0.2, 0.25) is 0 Å². The largest absolute Gasteiger partial charge is 0.465 e. The number of benzene rings is 12. The van der Waals surface area contributed by atoms with Gasteiger partial charge in [0.1, 0.15) is 0 Å². The van der Waals surface area contributed by atoms with Gasteiger partial charge in [-0.05, 0) is 205 Å². The summed E-state index contributed by atoms with van der Waals surface area (Å²) < 4.78 is 20.2. The Bertz CT molecular complexity index is 3760. The molecule has 8 nitrogen and oxygen atoms in total. The summed E-state index contributed by atoms with van der Waals surface area (Å²) in [5.74, 6) is -1.55. The predicted octanol–water partition coefficient (Wildman–Crippen LogP) is 15.0. The van der Waals surface area contributed by atoms with Gasteiger partial charge in [-0.3, -0.25) is 0 Å². The van der Waals surface area contributed by atoms with E-state index >= 15 is 0 Å². The van der Waals surface area contributed by atoms with Gasteiger partial charge in [-0.1, -0.05) is 97.1 Å². The molecule has 0 saturated carbocycles. The van der Waals surface area contributed by atoms with Crippen LogP contribution in [-0.4, -0.2) is 52.3 Å². The summed E-state index contributed by atoms with van der Waals surface area (Å²) in [6, 6.07) is 61.4. The van der Waals surface area contributed by atoms with Crippen molar-refractivity contribution >= 4 is 99.3 Å². The van der Waals surface area contributed by atoms with Crippen molar-refractivity contribution in [3.63, 3.8) is 0 Å². The molecule has 0 unspecified atom stereocenters. The van der Waals surface area contributed by atoms with E-state index in [-0.39, 0.29) is 23.9 Å². The van der Waals surface area contributed by atoms with E-state index in [0.717, 1.165) is 120 Å². The Kier molecular flexibility index (Phi) is 10.5. The molecule has 72 heavy (non-hydrogen) atoms. The van der Waals surface area contributed by atoms with Gasteiger partial charge in [0.15, 0.2) is 0 Å². The van der Waals surface area contributed by atoms with E-state index in [2.05, 4.69) is 109 Å². The highest BCUT2D eigenvalue weighted by atomic mass is 16.5. The summed E-state index contributed by atoms with van der Waals surface area (Å²) >= 11 is 0. The van der Waals surface area contributed by atoms with Crippen molar-refractivity contribution in [3.05, 3.63) is 204 Å². The minimum atomic E-state index is -0.388. The molecule has 12 aromatic rings. The van der Waals surface area contributed by atoms with Gasteiger partial charge in [0, 0.05) is 0 Å². The quantitative estimate of drug-likeness (QED) is 0.0843. The van der Waals surface area contributed by atoms with Crippen LogP contribution in [0.25, 0.3) is 120 Å². The number of hydrogen-bond donors (Lipinski definition) is 0. The van der Waals surface area contributed by atoms with E-state index < -0.39 is 0 Å². The minimum absolute atomic E-state index is 0.388. The molecule has 0 spiro atoms. The highest BCUT2D eigenvalue weighted by molar-refractivity contribution is 6.32. The van der Waals surface area contributed by atoms with Crippen molar-refractivity contribution in [3.8, 4) is 44.5 Å². The van der Waals surface area contributed by atoms with Crippen LogP contribution >= 0.6 is 0 Å². The van der Waals surface area contributed by atoms with Gasteiger partial charge in [-0.25, -0.2) is 19.2 Å². The molecule has 12 aromatic carbocycles. The summed E-state index contributed by atoms with van der Waals surface area (Å²) in [6.07, 6.45) is 0. The molecule has 0 amide bonds. The molecule has 0 N–H and O–H groups in total. The lowest BCUT2D eigenvalue weighted by atomic mass is 9.81. The van der Waals surface area contributed by atoms with Gasteiger partial charge >= 0.3 is 23.9 Å². The second-order valence-corrected chi connectivity index (χ2v) is 18.1. The topological polar surface area (TPSA) is 105 Å². The average molecular weight is 939 g/mol. The maximum Gasteiger partial charge on any atom is 0.337 e. The summed E-state index contributed by atoms with van der Waals surface area (Å²) in [4.78, 5) is 50.1. The molecule has 0 aliphatic carbocycles. The van der Waals surface area contributed by atoms with Crippen LogP contribution in [0, 0.1) is 0 Å². The lowest BCUT2D eigenvalue weighted by molar-refractivity contribution is 0.0592. The molecule has 0 aliphatic heterocycles. The van der Waals surface area contributed by atoms with Crippen molar-refractivity contribution in [2.45, 2.75) is 0 Å². The van der Waals surface area contributed by atoms with E-state index in [0.29, 0.717) is 22.3 Å². The van der Waals surface area contributed by atoms with Gasteiger partial charge in [0.25, 0.3) is 0 Å². The fourth-order valence-electron chi connectivity index (χ4n) is 10.6. The maximum absolute atomic E-state index is 12.5. The number of carbonyl (C=O) groups is 4. The molecule has 0 aromatic heterocycles. The predicted molar refractivity (Wildman–Crippen MR) is 287 cm³/mol. The maximum atomic E-state index is 12.5. The zero-order valence-corrected chi connectivity index (χ0v) is 39.6. The zero-order chi connectivity index (χ0) is 49.4. The number of ether oxygens (including phenoxy) is 4. The van der Waals surface area contributed by atoms with Gasteiger partial charge < -0.3 is 18.9 Å². The minimum Gasteiger partial charge on any atom is -0.465 e. The zero-order valence-electron chi connectivity index (χ0n) is 39.6. The van der Waals surface area contributed by atoms with Crippen LogP contribution in [0.4, 0.5) is 0 Å². The smallest absolute Gasteiger partial charge is 0.337 e. The first kappa shape index (κ1) is 43.9. The van der Waals surface area contributed by atoms with Crippen molar-refractivity contribution in [1.29, 1.82) is 0 Å². The Labute approximate surface area is 412 Å². The Morgan fingerprint density at radius 3 is 0.681 bits per heavy atom. The van der Waals surface area contributed by atoms with Gasteiger partial charge in [-0.15, -0.1) is 0 Å². The Hall–Kier alpha value is -9.40. The van der Waals surface area contributed by atoms with Gasteiger partial charge in [0.05, 0.1) is 50.7 Å². The van der Waals surface area contributed by atoms with Crippen molar-refractivity contribution in [1.82, 2.24) is 0 Å². The monoisotopic (exact) mass is 938 g/mol. The van der Waals surface area contributed by atoms with Crippen LogP contribution in [-0.2, 0) is 18.9 Å². The fourth-order valence-corrected chi connectivity index (χ4v) is 10.6. The number of esters is 4. The third kappa shape index (κ3) is 7.23. The summed E-state index contributed by atoms with van der Waals surface area (Å²) in [6.45, 7) is 0. The Morgan fingerprint density at radius 1 is 0.250 bits per heavy atom. The highest BCUT2D eigenvalue weighted by Gasteiger charge is 2.23. The molecular weight excluding hydrogens is 897 g/mol. The molecule has 8 heteroatoms. The lowest BCUT2D eigenvalue weighted by Gasteiger charge is -2.22. The molecule has 0 bridgehead atoms. The first-order valence-corrected chi connectivity index (χ1v) is 23.4. The number of fused-ring (bicyclic) bond motifs is 4. The molecule has 0 atom stereocenters. The second kappa shape index (κ2) is 17.2. The number of rotatable bonds is 8. The van der Waals surface area contributed by atoms with Crippen molar-refractivity contribution in [2.24, 2.45) is 0 Å². The average Bonchev–Trinajstić information content (AvgIpc) is 3.44. The molecule has 0 radical (unpaired) electrons. The van der Waals surface area contributed by atoms with Crippen LogP contribution in [0.1, 0.15) is 41.4 Å². The van der Waals surface area contributed by atoms with Crippen molar-refractivity contribution in [2.75, 3.05) is 28.4 Å². The Morgan fingerprint density at radius 2 is 0.458 bits per heavy atom. The van der Waals surface area contributed by atoms with E-state index in [1.807, 2.05) is 48.5 Å². The molecular formula is C64H42O8. The van der Waals surface area contributed by atoms with Crippen LogP contribution in [0.3, 0.4) is 0 Å². The van der Waals surface area contributed by atoms with Crippen LogP contribution in [0.5, 0.6) is 0 Å². The van der Waals surface area contributed by atoms with E-state index in [1.54, 1.807) is 24.3 Å². The third-order valence-electron chi connectivity index (χ3n) is 14.2. The van der Waals surface area contributed by atoms with Gasteiger partial charge in [-0.2, -0.15) is 0 Å². The van der Waals surface area contributed by atoms with E-state index in [1.165, 1.54) is 28.4 Å². The first-order valence-electron chi connectivity index (χ1n) is 23.4. The van der Waals surface area contributed by atoms with Crippen LogP contribution < -0.4 is 0 Å². The number of methoxy groups -OCH3 is 4. The second-order valence-electron chi connectivity index (χ2n) is 18.1. The fraction of sp³-hybridized carbons (Fsp3) is 0.0625.